The molecule has 0 aliphatic rings. The minimum atomic E-state index is -1.28. The maximum Gasteiger partial charge on any atom is 0.203 e. The zero-order valence-electron chi connectivity index (χ0n) is 7.27. The van der Waals surface area contributed by atoms with Crippen molar-refractivity contribution in [3.63, 3.8) is 0 Å². The average Bonchev–Trinajstić information content (AvgIpc) is 2.05. The van der Waals surface area contributed by atoms with Crippen molar-refractivity contribution in [2.75, 3.05) is 0 Å². The molecule has 1 rings (SSSR count). The summed E-state index contributed by atoms with van der Waals surface area (Å²) in [5.74, 6) is -3.95. The Labute approximate surface area is 74.1 Å². The van der Waals surface area contributed by atoms with Gasteiger partial charge in [0.1, 0.15) is 0 Å². The monoisotopic (exact) mass is 190 g/mol. The van der Waals surface area contributed by atoms with Gasteiger partial charge in [0.25, 0.3) is 0 Å². The van der Waals surface area contributed by atoms with Gasteiger partial charge in [-0.2, -0.15) is 4.39 Å². The highest BCUT2D eigenvalue weighted by Gasteiger charge is 2.15. The summed E-state index contributed by atoms with van der Waals surface area (Å²) < 4.78 is 43.1. The Kier molecular flexibility index (Phi) is 2.80. The highest BCUT2D eigenvalue weighted by Crippen LogP contribution is 2.24. The number of ether oxygens (including phenoxy) is 1. The zero-order chi connectivity index (χ0) is 10.0. The summed E-state index contributed by atoms with van der Waals surface area (Å²) in [6.45, 7) is 3.20. The Morgan fingerprint density at radius 1 is 1.08 bits per heavy atom. The lowest BCUT2D eigenvalue weighted by Gasteiger charge is -2.11. The minimum Gasteiger partial charge on any atom is -0.485 e. The molecule has 0 amide bonds. The van der Waals surface area contributed by atoms with E-state index in [0.717, 1.165) is 12.1 Å². The molecule has 0 spiro atoms. The van der Waals surface area contributed by atoms with E-state index in [9.17, 15) is 13.2 Å². The molecule has 4 heteroatoms. The van der Waals surface area contributed by atoms with Crippen LogP contribution in [0.5, 0.6) is 5.75 Å². The van der Waals surface area contributed by atoms with Crippen molar-refractivity contribution in [1.82, 2.24) is 0 Å². The maximum absolute atomic E-state index is 12.9. The number of benzene rings is 1. The largest absolute Gasteiger partial charge is 0.485 e. The van der Waals surface area contributed by atoms with Gasteiger partial charge in [-0.15, -0.1) is 0 Å². The predicted octanol–water partition coefficient (Wildman–Crippen LogP) is 2.89. The third-order valence-corrected chi connectivity index (χ3v) is 1.36. The number of hydrogen-bond donors (Lipinski definition) is 0. The molecule has 13 heavy (non-hydrogen) atoms. The Morgan fingerprint density at radius 2 is 1.62 bits per heavy atom. The zero-order valence-corrected chi connectivity index (χ0v) is 7.27. The molecule has 0 aliphatic carbocycles. The first-order chi connectivity index (χ1) is 6.02. The van der Waals surface area contributed by atoms with Crippen LogP contribution < -0.4 is 4.74 Å². The molecule has 72 valence electrons. The smallest absolute Gasteiger partial charge is 0.203 e. The second-order valence-electron chi connectivity index (χ2n) is 2.84. The molecule has 1 aromatic carbocycles. The molecule has 0 aromatic heterocycles. The molecule has 0 unspecified atom stereocenters. The number of halogens is 3. The fraction of sp³-hybridized carbons (Fsp3) is 0.333. The van der Waals surface area contributed by atoms with Crippen LogP contribution in [-0.2, 0) is 0 Å². The molecule has 0 heterocycles. The van der Waals surface area contributed by atoms with Gasteiger partial charge in [-0.3, -0.25) is 0 Å². The first kappa shape index (κ1) is 9.89. The van der Waals surface area contributed by atoms with Gasteiger partial charge in [0, 0.05) is 0 Å². The molecule has 1 nitrogen and oxygen atoms in total. The summed E-state index contributed by atoms with van der Waals surface area (Å²) in [6.07, 6.45) is -0.397. The quantitative estimate of drug-likeness (QED) is 0.651. The Bertz CT molecular complexity index is 310. The first-order valence-electron chi connectivity index (χ1n) is 3.82. The molecule has 0 atom stereocenters. The summed E-state index contributed by atoms with van der Waals surface area (Å²) in [4.78, 5) is 0. The molecule has 0 saturated heterocycles. The van der Waals surface area contributed by atoms with Crippen molar-refractivity contribution in [1.29, 1.82) is 0 Å². The molecule has 0 N–H and O–H groups in total. The SMILES string of the molecule is CC(C)Oc1c(F)ccc(F)c1F. The van der Waals surface area contributed by atoms with Crippen molar-refractivity contribution in [2.24, 2.45) is 0 Å². The van der Waals surface area contributed by atoms with Crippen LogP contribution in [0.4, 0.5) is 13.2 Å². The van der Waals surface area contributed by atoms with Crippen molar-refractivity contribution < 1.29 is 17.9 Å². The van der Waals surface area contributed by atoms with Crippen LogP contribution in [0.3, 0.4) is 0 Å². The van der Waals surface area contributed by atoms with E-state index in [0.29, 0.717) is 0 Å². The second-order valence-corrected chi connectivity index (χ2v) is 2.84. The minimum absolute atomic E-state index is 0.397. The Morgan fingerprint density at radius 3 is 2.15 bits per heavy atom. The summed E-state index contributed by atoms with van der Waals surface area (Å²) in [6, 6.07) is 1.55. The maximum atomic E-state index is 12.9. The molecule has 0 bridgehead atoms. The lowest BCUT2D eigenvalue weighted by atomic mass is 10.3. The summed E-state index contributed by atoms with van der Waals surface area (Å²) in [7, 11) is 0. The number of hydrogen-bond acceptors (Lipinski definition) is 1. The van der Waals surface area contributed by atoms with Gasteiger partial charge in [0.15, 0.2) is 17.4 Å². The third kappa shape index (κ3) is 2.14. The van der Waals surface area contributed by atoms with Crippen LogP contribution in [0.15, 0.2) is 12.1 Å². The van der Waals surface area contributed by atoms with Crippen LogP contribution >= 0.6 is 0 Å². The van der Waals surface area contributed by atoms with E-state index in [1.54, 1.807) is 13.8 Å². The third-order valence-electron chi connectivity index (χ3n) is 1.36. The van der Waals surface area contributed by atoms with Gasteiger partial charge in [0.2, 0.25) is 5.82 Å². The Hall–Kier alpha value is -1.19. The summed E-state index contributed by atoms with van der Waals surface area (Å²) in [5, 5.41) is 0. The van der Waals surface area contributed by atoms with E-state index < -0.39 is 29.3 Å². The predicted molar refractivity (Wildman–Crippen MR) is 42.1 cm³/mol. The molecule has 0 fully saturated rings. The van der Waals surface area contributed by atoms with Crippen molar-refractivity contribution in [3.8, 4) is 5.75 Å². The van der Waals surface area contributed by atoms with Crippen LogP contribution in [-0.4, -0.2) is 6.10 Å². The van der Waals surface area contributed by atoms with E-state index in [1.807, 2.05) is 0 Å². The highest BCUT2D eigenvalue weighted by atomic mass is 19.2. The van der Waals surface area contributed by atoms with Crippen LogP contribution in [0.1, 0.15) is 13.8 Å². The molecule has 0 saturated carbocycles. The van der Waals surface area contributed by atoms with Gasteiger partial charge in [-0.25, -0.2) is 8.78 Å². The van der Waals surface area contributed by atoms with E-state index in [1.165, 1.54) is 0 Å². The molecule has 0 aliphatic heterocycles. The van der Waals surface area contributed by atoms with E-state index >= 15 is 0 Å². The molecular formula is C9H9F3O. The molecule has 0 radical (unpaired) electrons. The first-order valence-corrected chi connectivity index (χ1v) is 3.82. The normalized spacial score (nSPS) is 10.6. The summed E-state index contributed by atoms with van der Waals surface area (Å²) >= 11 is 0. The van der Waals surface area contributed by atoms with Gasteiger partial charge >= 0.3 is 0 Å². The van der Waals surface area contributed by atoms with Crippen molar-refractivity contribution >= 4 is 0 Å². The van der Waals surface area contributed by atoms with Crippen LogP contribution in [0.25, 0.3) is 0 Å². The fourth-order valence-corrected chi connectivity index (χ4v) is 0.852. The van der Waals surface area contributed by atoms with Gasteiger partial charge in [0.05, 0.1) is 6.10 Å². The standard InChI is InChI=1S/C9H9F3O/c1-5(2)13-9-7(11)4-3-6(10)8(9)12/h3-5H,1-2H3. The fourth-order valence-electron chi connectivity index (χ4n) is 0.852. The van der Waals surface area contributed by atoms with Crippen molar-refractivity contribution in [3.05, 3.63) is 29.6 Å². The lowest BCUT2D eigenvalue weighted by Crippen LogP contribution is -2.09. The summed E-state index contributed by atoms with van der Waals surface area (Å²) in [5.41, 5.74) is 0. The van der Waals surface area contributed by atoms with E-state index in [2.05, 4.69) is 0 Å². The van der Waals surface area contributed by atoms with Crippen LogP contribution in [0, 0.1) is 17.5 Å². The lowest BCUT2D eigenvalue weighted by molar-refractivity contribution is 0.216. The molecule has 1 aromatic rings. The Balaban J connectivity index is 3.10. The van der Waals surface area contributed by atoms with Gasteiger partial charge in [-0.05, 0) is 26.0 Å². The highest BCUT2D eigenvalue weighted by molar-refractivity contribution is 5.27. The molecular weight excluding hydrogens is 181 g/mol. The second kappa shape index (κ2) is 3.68. The number of rotatable bonds is 2. The topological polar surface area (TPSA) is 9.23 Å². The van der Waals surface area contributed by atoms with E-state index in [4.69, 9.17) is 4.74 Å². The van der Waals surface area contributed by atoms with Crippen molar-refractivity contribution in [2.45, 2.75) is 20.0 Å². The van der Waals surface area contributed by atoms with Gasteiger partial charge in [-0.1, -0.05) is 0 Å². The average molecular weight is 190 g/mol. The van der Waals surface area contributed by atoms with Gasteiger partial charge < -0.3 is 4.74 Å². The van der Waals surface area contributed by atoms with E-state index in [-0.39, 0.29) is 0 Å². The van der Waals surface area contributed by atoms with Crippen LogP contribution in [0.2, 0.25) is 0 Å².